The molecular formula is C15H16FN3O3. The maximum atomic E-state index is 12.8. The number of benzene rings is 1. The predicted molar refractivity (Wildman–Crippen MR) is 78.0 cm³/mol. The molecule has 0 aliphatic carbocycles. The lowest BCUT2D eigenvalue weighted by molar-refractivity contribution is -0.115. The van der Waals surface area contributed by atoms with Gasteiger partial charge in [0.1, 0.15) is 5.82 Å². The first-order valence-corrected chi connectivity index (χ1v) is 6.58. The van der Waals surface area contributed by atoms with Crippen LogP contribution in [0.2, 0.25) is 0 Å². The molecule has 7 heteroatoms. The van der Waals surface area contributed by atoms with Gasteiger partial charge in [0.2, 0.25) is 5.91 Å². The molecule has 6 nitrogen and oxygen atoms in total. The number of aromatic nitrogens is 2. The summed E-state index contributed by atoms with van der Waals surface area (Å²) in [7, 11) is 2.85. The monoisotopic (exact) mass is 305 g/mol. The zero-order chi connectivity index (χ0) is 16.3. The number of hydrogen-bond donors (Lipinski definition) is 1. The zero-order valence-electron chi connectivity index (χ0n) is 12.5. The number of amides is 1. The van der Waals surface area contributed by atoms with Crippen LogP contribution in [0, 0.1) is 12.7 Å². The fourth-order valence-electron chi connectivity index (χ4n) is 2.11. The second-order valence-electron chi connectivity index (χ2n) is 4.78. The molecule has 0 fully saturated rings. The lowest BCUT2D eigenvalue weighted by atomic mass is 10.1. The van der Waals surface area contributed by atoms with Gasteiger partial charge in [-0.25, -0.2) is 9.18 Å². The Kier molecular flexibility index (Phi) is 4.55. The molecule has 1 aromatic carbocycles. The second kappa shape index (κ2) is 6.38. The first-order chi connectivity index (χ1) is 10.4. The van der Waals surface area contributed by atoms with Gasteiger partial charge in [0, 0.05) is 7.05 Å². The molecule has 2 rings (SSSR count). The number of ether oxygens (including phenoxy) is 1. The van der Waals surface area contributed by atoms with Crippen LogP contribution in [0.25, 0.3) is 0 Å². The Hall–Kier alpha value is -2.70. The number of aryl methyl sites for hydroxylation is 2. The van der Waals surface area contributed by atoms with E-state index in [0.29, 0.717) is 16.9 Å². The van der Waals surface area contributed by atoms with E-state index in [2.05, 4.69) is 10.4 Å². The molecule has 0 atom stereocenters. The maximum Gasteiger partial charge on any atom is 0.358 e. The van der Waals surface area contributed by atoms with Crippen molar-refractivity contribution in [2.24, 2.45) is 7.05 Å². The first kappa shape index (κ1) is 15.7. The fourth-order valence-corrected chi connectivity index (χ4v) is 2.11. The number of carbonyl (C=O) groups excluding carboxylic acids is 2. The van der Waals surface area contributed by atoms with Crippen molar-refractivity contribution >= 4 is 17.6 Å². The molecule has 0 saturated heterocycles. The fraction of sp³-hybridized carbons (Fsp3) is 0.267. The number of carbonyl (C=O) groups is 2. The van der Waals surface area contributed by atoms with Gasteiger partial charge in [0.15, 0.2) is 5.69 Å². The second-order valence-corrected chi connectivity index (χ2v) is 4.78. The van der Waals surface area contributed by atoms with Crippen LogP contribution >= 0.6 is 0 Å². The highest BCUT2D eigenvalue weighted by Crippen LogP contribution is 2.20. The Bertz CT molecular complexity index is 708. The summed E-state index contributed by atoms with van der Waals surface area (Å²) in [6, 6.07) is 5.65. The van der Waals surface area contributed by atoms with Gasteiger partial charge in [0.25, 0.3) is 0 Å². The summed E-state index contributed by atoms with van der Waals surface area (Å²) in [6.07, 6.45) is 0.0647. The average molecular weight is 305 g/mol. The van der Waals surface area contributed by atoms with Gasteiger partial charge in [0.05, 0.1) is 24.9 Å². The van der Waals surface area contributed by atoms with Crippen molar-refractivity contribution in [2.45, 2.75) is 13.3 Å². The molecule has 0 aliphatic rings. The number of halogens is 1. The number of nitrogens with zero attached hydrogens (tertiary/aromatic N) is 2. The summed E-state index contributed by atoms with van der Waals surface area (Å²) in [5.41, 5.74) is 1.67. The van der Waals surface area contributed by atoms with Crippen molar-refractivity contribution in [1.29, 1.82) is 0 Å². The Morgan fingerprint density at radius 1 is 1.32 bits per heavy atom. The van der Waals surface area contributed by atoms with Crippen LogP contribution < -0.4 is 5.32 Å². The van der Waals surface area contributed by atoms with E-state index in [-0.39, 0.29) is 23.8 Å². The number of anilines is 1. The first-order valence-electron chi connectivity index (χ1n) is 6.58. The summed E-state index contributed by atoms with van der Waals surface area (Å²) in [5.74, 6) is -1.27. The highest BCUT2D eigenvalue weighted by atomic mass is 19.1. The van der Waals surface area contributed by atoms with Gasteiger partial charge in [-0.1, -0.05) is 12.1 Å². The third-order valence-electron chi connectivity index (χ3n) is 3.14. The van der Waals surface area contributed by atoms with E-state index in [1.807, 2.05) is 0 Å². The highest BCUT2D eigenvalue weighted by molar-refractivity contribution is 6.01. The van der Waals surface area contributed by atoms with E-state index < -0.39 is 5.97 Å². The largest absolute Gasteiger partial charge is 0.464 e. The number of nitrogens with one attached hydrogen (secondary N) is 1. The Balaban J connectivity index is 2.18. The van der Waals surface area contributed by atoms with E-state index >= 15 is 0 Å². The average Bonchev–Trinajstić information content (AvgIpc) is 2.75. The summed E-state index contributed by atoms with van der Waals surface area (Å²) >= 11 is 0. The number of methoxy groups -OCH3 is 1. The van der Waals surface area contributed by atoms with E-state index in [0.717, 1.165) is 0 Å². The minimum atomic E-state index is -0.583. The third-order valence-corrected chi connectivity index (χ3v) is 3.14. The van der Waals surface area contributed by atoms with E-state index in [4.69, 9.17) is 4.74 Å². The van der Waals surface area contributed by atoms with Gasteiger partial charge in [-0.2, -0.15) is 5.10 Å². The molecule has 2 aromatic rings. The van der Waals surface area contributed by atoms with Gasteiger partial charge < -0.3 is 10.1 Å². The minimum Gasteiger partial charge on any atom is -0.464 e. The topological polar surface area (TPSA) is 73.2 Å². The molecule has 1 heterocycles. The van der Waals surface area contributed by atoms with Crippen molar-refractivity contribution in [3.63, 3.8) is 0 Å². The number of hydrogen-bond acceptors (Lipinski definition) is 4. The van der Waals surface area contributed by atoms with Crippen molar-refractivity contribution in [3.05, 3.63) is 47.0 Å². The Morgan fingerprint density at radius 2 is 1.95 bits per heavy atom. The molecule has 1 aromatic heterocycles. The summed E-state index contributed by atoms with van der Waals surface area (Å²) < 4.78 is 18.9. The van der Waals surface area contributed by atoms with Crippen LogP contribution in [0.4, 0.5) is 10.1 Å². The van der Waals surface area contributed by atoms with E-state index in [1.165, 1.54) is 36.1 Å². The minimum absolute atomic E-state index is 0.0647. The number of rotatable bonds is 4. The van der Waals surface area contributed by atoms with Gasteiger partial charge in [-0.15, -0.1) is 0 Å². The van der Waals surface area contributed by atoms with Crippen molar-refractivity contribution < 1.29 is 18.7 Å². The normalized spacial score (nSPS) is 10.4. The molecule has 0 aliphatic heterocycles. The summed E-state index contributed by atoms with van der Waals surface area (Å²) in [6.45, 7) is 1.68. The molecule has 1 N–H and O–H groups in total. The molecule has 0 saturated carbocycles. The lowest BCUT2D eigenvalue weighted by Crippen LogP contribution is -2.18. The van der Waals surface area contributed by atoms with Gasteiger partial charge >= 0.3 is 5.97 Å². The van der Waals surface area contributed by atoms with Crippen LogP contribution in [-0.2, 0) is 23.0 Å². The highest BCUT2D eigenvalue weighted by Gasteiger charge is 2.22. The van der Waals surface area contributed by atoms with Crippen LogP contribution in [0.5, 0.6) is 0 Å². The smallest absolute Gasteiger partial charge is 0.358 e. The summed E-state index contributed by atoms with van der Waals surface area (Å²) in [4.78, 5) is 23.9. The van der Waals surface area contributed by atoms with Crippen molar-refractivity contribution in [3.8, 4) is 0 Å². The Morgan fingerprint density at radius 3 is 2.55 bits per heavy atom. The Labute approximate surface area is 126 Å². The molecule has 0 unspecified atom stereocenters. The lowest BCUT2D eigenvalue weighted by Gasteiger charge is -2.07. The zero-order valence-corrected chi connectivity index (χ0v) is 12.5. The van der Waals surface area contributed by atoms with Crippen LogP contribution in [0.3, 0.4) is 0 Å². The van der Waals surface area contributed by atoms with Gasteiger partial charge in [-0.05, 0) is 24.6 Å². The van der Waals surface area contributed by atoms with Crippen LogP contribution in [0.1, 0.15) is 21.7 Å². The van der Waals surface area contributed by atoms with Crippen molar-refractivity contribution in [1.82, 2.24) is 9.78 Å². The SMILES string of the molecule is COC(=O)c1c(NC(=O)Cc2ccc(F)cc2)c(C)nn1C. The van der Waals surface area contributed by atoms with Gasteiger partial charge in [-0.3, -0.25) is 9.48 Å². The third kappa shape index (κ3) is 3.30. The molecule has 0 bridgehead atoms. The van der Waals surface area contributed by atoms with Crippen molar-refractivity contribution in [2.75, 3.05) is 12.4 Å². The molecule has 1 amide bonds. The molecule has 0 spiro atoms. The molecule has 0 radical (unpaired) electrons. The van der Waals surface area contributed by atoms with E-state index in [1.54, 1.807) is 14.0 Å². The molecular weight excluding hydrogens is 289 g/mol. The molecule has 116 valence electrons. The predicted octanol–water partition coefficient (Wildman–Crippen LogP) is 1.84. The quantitative estimate of drug-likeness (QED) is 0.875. The standard InChI is InChI=1S/C15H16FN3O3/c1-9-13(14(15(21)22-3)19(2)18-9)17-12(20)8-10-4-6-11(16)7-5-10/h4-7H,8H2,1-3H3,(H,17,20). The summed E-state index contributed by atoms with van der Waals surface area (Å²) in [5, 5.41) is 6.76. The molecule has 22 heavy (non-hydrogen) atoms. The maximum absolute atomic E-state index is 12.8. The van der Waals surface area contributed by atoms with E-state index in [9.17, 15) is 14.0 Å². The van der Waals surface area contributed by atoms with Crippen LogP contribution in [-0.4, -0.2) is 28.8 Å². The number of esters is 1. The van der Waals surface area contributed by atoms with Crippen LogP contribution in [0.15, 0.2) is 24.3 Å².